The summed E-state index contributed by atoms with van der Waals surface area (Å²) in [6, 6.07) is 3.02. The molecular formula is C17H19F2N3O. The Labute approximate surface area is 133 Å². The van der Waals surface area contributed by atoms with E-state index in [2.05, 4.69) is 10.4 Å². The first-order valence-corrected chi connectivity index (χ1v) is 8.14. The number of hydrazone groups is 1. The van der Waals surface area contributed by atoms with Gasteiger partial charge in [-0.2, -0.15) is 5.10 Å². The second kappa shape index (κ2) is 5.67. The highest BCUT2D eigenvalue weighted by molar-refractivity contribution is 5.82. The van der Waals surface area contributed by atoms with Gasteiger partial charge in [0.1, 0.15) is 11.6 Å². The summed E-state index contributed by atoms with van der Waals surface area (Å²) < 4.78 is 27.0. The van der Waals surface area contributed by atoms with Crippen LogP contribution in [0.15, 0.2) is 23.3 Å². The van der Waals surface area contributed by atoms with Crippen molar-refractivity contribution in [3.8, 4) is 0 Å². The van der Waals surface area contributed by atoms with E-state index >= 15 is 0 Å². The van der Waals surface area contributed by atoms with Crippen molar-refractivity contribution in [2.24, 2.45) is 22.9 Å². The molecule has 1 aromatic carbocycles. The van der Waals surface area contributed by atoms with Crippen molar-refractivity contribution in [3.05, 3.63) is 35.4 Å². The topological polar surface area (TPSA) is 44.7 Å². The van der Waals surface area contributed by atoms with Gasteiger partial charge in [0, 0.05) is 24.6 Å². The van der Waals surface area contributed by atoms with Crippen molar-refractivity contribution in [1.82, 2.24) is 10.3 Å². The number of carbonyl (C=O) groups is 1. The summed E-state index contributed by atoms with van der Waals surface area (Å²) in [5.74, 6) is -0.145. The number of benzene rings is 1. The van der Waals surface area contributed by atoms with E-state index in [4.69, 9.17) is 0 Å². The second-order valence-electron chi connectivity index (χ2n) is 6.78. The molecule has 122 valence electrons. The Morgan fingerprint density at radius 2 is 1.78 bits per heavy atom. The third kappa shape index (κ3) is 2.65. The summed E-state index contributed by atoms with van der Waals surface area (Å²) in [7, 11) is 0. The number of nitrogens with zero attached hydrogens (tertiary/aromatic N) is 2. The molecule has 1 amide bonds. The number of rotatable bonds is 2. The zero-order valence-electron chi connectivity index (χ0n) is 12.7. The minimum absolute atomic E-state index is 0.0113. The summed E-state index contributed by atoms with van der Waals surface area (Å²) in [4.78, 5) is 12.8. The fourth-order valence-corrected chi connectivity index (χ4v) is 4.23. The Balaban J connectivity index is 1.53. The maximum atomic E-state index is 13.5. The second-order valence-corrected chi connectivity index (χ2v) is 6.78. The molecule has 0 spiro atoms. The minimum Gasteiger partial charge on any atom is -0.316 e. The average Bonchev–Trinajstić information content (AvgIpc) is 3.20. The van der Waals surface area contributed by atoms with Gasteiger partial charge in [-0.15, -0.1) is 0 Å². The number of hydrogen-bond acceptors (Lipinski definition) is 3. The van der Waals surface area contributed by atoms with Gasteiger partial charge in [0.15, 0.2) is 0 Å². The quantitative estimate of drug-likeness (QED) is 0.910. The van der Waals surface area contributed by atoms with E-state index in [0.717, 1.165) is 32.0 Å². The Kier molecular flexibility index (Phi) is 3.64. The molecule has 6 heteroatoms. The number of fused-ring (bicyclic) bond motifs is 1. The molecule has 0 aromatic heterocycles. The molecule has 3 aliphatic rings. The highest BCUT2D eigenvalue weighted by Crippen LogP contribution is 2.41. The van der Waals surface area contributed by atoms with Crippen LogP contribution in [0.5, 0.6) is 0 Å². The summed E-state index contributed by atoms with van der Waals surface area (Å²) >= 11 is 0. The van der Waals surface area contributed by atoms with Gasteiger partial charge in [0.25, 0.3) is 0 Å². The van der Waals surface area contributed by atoms with Crippen LogP contribution in [0, 0.1) is 29.4 Å². The molecule has 2 fully saturated rings. The van der Waals surface area contributed by atoms with Crippen LogP contribution in [0.4, 0.5) is 8.78 Å². The molecular weight excluding hydrogens is 300 g/mol. The zero-order valence-corrected chi connectivity index (χ0v) is 12.7. The molecule has 1 saturated heterocycles. The first-order chi connectivity index (χ1) is 11.1. The number of hydrogen-bond donors (Lipinski definition) is 1. The van der Waals surface area contributed by atoms with E-state index in [1.165, 1.54) is 17.1 Å². The van der Waals surface area contributed by atoms with E-state index in [1.807, 2.05) is 0 Å². The molecule has 1 aromatic rings. The van der Waals surface area contributed by atoms with Gasteiger partial charge < -0.3 is 5.32 Å². The van der Waals surface area contributed by atoms with Crippen molar-refractivity contribution in [2.75, 3.05) is 13.1 Å². The predicted molar refractivity (Wildman–Crippen MR) is 81.6 cm³/mol. The number of nitrogens with one attached hydrogen (secondary N) is 1. The summed E-state index contributed by atoms with van der Waals surface area (Å²) in [5.41, 5.74) is 0.466. The van der Waals surface area contributed by atoms with E-state index in [-0.39, 0.29) is 11.8 Å². The molecule has 1 N–H and O–H groups in total. The lowest BCUT2D eigenvalue weighted by molar-refractivity contribution is -0.137. The third-order valence-electron chi connectivity index (χ3n) is 5.33. The lowest BCUT2D eigenvalue weighted by atomic mass is 10.0. The van der Waals surface area contributed by atoms with Crippen LogP contribution in [0.2, 0.25) is 0 Å². The molecule has 1 aliphatic carbocycles. The van der Waals surface area contributed by atoms with Crippen molar-refractivity contribution in [1.29, 1.82) is 0 Å². The Morgan fingerprint density at radius 1 is 1.13 bits per heavy atom. The van der Waals surface area contributed by atoms with Gasteiger partial charge in [0.2, 0.25) is 5.91 Å². The SMILES string of the molecule is O=C(C1CC2CNCC2C1)N1N=CCC1c1cc(F)cc(F)c1. The first kappa shape index (κ1) is 14.8. The fourth-order valence-electron chi connectivity index (χ4n) is 4.23. The van der Waals surface area contributed by atoms with E-state index in [9.17, 15) is 13.6 Å². The third-order valence-corrected chi connectivity index (χ3v) is 5.33. The molecule has 0 radical (unpaired) electrons. The minimum atomic E-state index is -0.624. The largest absolute Gasteiger partial charge is 0.316 e. The lowest BCUT2D eigenvalue weighted by Gasteiger charge is -2.25. The van der Waals surface area contributed by atoms with Crippen molar-refractivity contribution in [3.63, 3.8) is 0 Å². The fraction of sp³-hybridized carbons (Fsp3) is 0.529. The molecule has 4 rings (SSSR count). The first-order valence-electron chi connectivity index (χ1n) is 8.14. The maximum Gasteiger partial charge on any atom is 0.246 e. The van der Waals surface area contributed by atoms with Crippen molar-refractivity contribution >= 4 is 12.1 Å². The van der Waals surface area contributed by atoms with Crippen LogP contribution in [-0.4, -0.2) is 30.2 Å². The number of carbonyl (C=O) groups excluding carboxylic acids is 1. The molecule has 4 nitrogen and oxygen atoms in total. The van der Waals surface area contributed by atoms with Crippen LogP contribution >= 0.6 is 0 Å². The van der Waals surface area contributed by atoms with E-state index < -0.39 is 17.7 Å². The Hall–Kier alpha value is -1.82. The Morgan fingerprint density at radius 3 is 2.43 bits per heavy atom. The molecule has 3 atom stereocenters. The normalized spacial score (nSPS) is 32.5. The van der Waals surface area contributed by atoms with E-state index in [1.54, 1.807) is 6.21 Å². The molecule has 2 aliphatic heterocycles. The number of amides is 1. The smallest absolute Gasteiger partial charge is 0.246 e. The van der Waals surface area contributed by atoms with Crippen molar-refractivity contribution < 1.29 is 13.6 Å². The van der Waals surface area contributed by atoms with Gasteiger partial charge in [-0.1, -0.05) is 0 Å². The standard InChI is InChI=1S/C17H19F2N3O/c18-14-5-10(6-15(19)7-14)16-1-2-21-22(16)17(23)11-3-12-8-20-9-13(12)4-11/h2,5-7,11-13,16,20H,1,3-4,8-9H2. The van der Waals surface area contributed by atoms with Crippen LogP contribution in [-0.2, 0) is 4.79 Å². The summed E-state index contributed by atoms with van der Waals surface area (Å²) in [6.07, 6.45) is 3.91. The average molecular weight is 319 g/mol. The van der Waals surface area contributed by atoms with Crippen LogP contribution in [0.1, 0.15) is 30.9 Å². The van der Waals surface area contributed by atoms with E-state index in [0.29, 0.717) is 23.8 Å². The highest BCUT2D eigenvalue weighted by Gasteiger charge is 2.43. The highest BCUT2D eigenvalue weighted by atomic mass is 19.1. The predicted octanol–water partition coefficient (Wildman–Crippen LogP) is 2.47. The molecule has 2 heterocycles. The van der Waals surface area contributed by atoms with Gasteiger partial charge in [-0.3, -0.25) is 4.79 Å². The summed E-state index contributed by atoms with van der Waals surface area (Å²) in [6.45, 7) is 1.96. The maximum absolute atomic E-state index is 13.5. The molecule has 23 heavy (non-hydrogen) atoms. The Bertz CT molecular complexity index is 631. The molecule has 1 saturated carbocycles. The van der Waals surface area contributed by atoms with Gasteiger partial charge in [-0.25, -0.2) is 13.8 Å². The van der Waals surface area contributed by atoms with Crippen LogP contribution < -0.4 is 5.32 Å². The van der Waals surface area contributed by atoms with Crippen LogP contribution in [0.3, 0.4) is 0 Å². The van der Waals surface area contributed by atoms with Crippen molar-refractivity contribution in [2.45, 2.75) is 25.3 Å². The summed E-state index contributed by atoms with van der Waals surface area (Å²) in [5, 5.41) is 8.99. The van der Waals surface area contributed by atoms with Gasteiger partial charge >= 0.3 is 0 Å². The van der Waals surface area contributed by atoms with Gasteiger partial charge in [-0.05, 0) is 55.5 Å². The lowest BCUT2D eigenvalue weighted by Crippen LogP contribution is -2.33. The zero-order chi connectivity index (χ0) is 16.0. The van der Waals surface area contributed by atoms with Crippen LogP contribution in [0.25, 0.3) is 0 Å². The van der Waals surface area contributed by atoms with Gasteiger partial charge in [0.05, 0.1) is 6.04 Å². The molecule has 0 bridgehead atoms. The molecule has 3 unspecified atom stereocenters. The monoisotopic (exact) mass is 319 g/mol. The number of halogens is 2.